The number of rotatable bonds is 4. The first kappa shape index (κ1) is 12.0. The van der Waals surface area contributed by atoms with Crippen molar-refractivity contribution in [3.05, 3.63) is 15.6 Å². The highest BCUT2D eigenvalue weighted by atomic mass is 32.1. The minimum Gasteiger partial charge on any atom is -0.368 e. The molecule has 1 unspecified atom stereocenters. The van der Waals surface area contributed by atoms with Gasteiger partial charge in [0, 0.05) is 18.0 Å². The molecule has 0 radical (unpaired) electrons. The molecule has 4 heteroatoms. The van der Waals surface area contributed by atoms with Crippen LogP contribution in [0.15, 0.2) is 0 Å². The summed E-state index contributed by atoms with van der Waals surface area (Å²) in [6.45, 7) is 9.17. The molecule has 3 nitrogen and oxygen atoms in total. The van der Waals surface area contributed by atoms with Crippen LogP contribution in [0.3, 0.4) is 0 Å². The van der Waals surface area contributed by atoms with Gasteiger partial charge < -0.3 is 10.1 Å². The molecule has 1 saturated heterocycles. The first-order chi connectivity index (χ1) is 7.65. The van der Waals surface area contributed by atoms with Gasteiger partial charge >= 0.3 is 0 Å². The largest absolute Gasteiger partial charge is 0.368 e. The summed E-state index contributed by atoms with van der Waals surface area (Å²) in [5, 5.41) is 4.50. The van der Waals surface area contributed by atoms with Gasteiger partial charge in [-0.2, -0.15) is 0 Å². The maximum absolute atomic E-state index is 5.83. The van der Waals surface area contributed by atoms with Gasteiger partial charge in [-0.1, -0.05) is 6.92 Å². The Balaban J connectivity index is 2.16. The van der Waals surface area contributed by atoms with Gasteiger partial charge in [-0.15, -0.1) is 11.3 Å². The molecule has 0 bridgehead atoms. The fourth-order valence-electron chi connectivity index (χ4n) is 2.00. The number of hydrogen-bond donors (Lipinski definition) is 1. The molecule has 0 saturated carbocycles. The molecule has 1 N–H and O–H groups in total. The van der Waals surface area contributed by atoms with Crippen molar-refractivity contribution in [3.8, 4) is 0 Å². The Labute approximate surface area is 101 Å². The lowest BCUT2D eigenvalue weighted by Gasteiger charge is -2.19. The van der Waals surface area contributed by atoms with Crippen LogP contribution in [-0.4, -0.2) is 18.1 Å². The van der Waals surface area contributed by atoms with Gasteiger partial charge in [0.2, 0.25) is 0 Å². The van der Waals surface area contributed by atoms with Crippen LogP contribution in [0, 0.1) is 6.92 Å². The van der Waals surface area contributed by atoms with E-state index in [0.29, 0.717) is 0 Å². The maximum atomic E-state index is 5.83. The molecule has 2 heterocycles. The third-order valence-electron chi connectivity index (χ3n) is 3.10. The van der Waals surface area contributed by atoms with Crippen molar-refractivity contribution >= 4 is 11.3 Å². The van der Waals surface area contributed by atoms with Crippen LogP contribution in [0.2, 0.25) is 0 Å². The molecule has 0 aliphatic carbocycles. The summed E-state index contributed by atoms with van der Waals surface area (Å²) < 4.78 is 5.83. The molecule has 16 heavy (non-hydrogen) atoms. The molecule has 2 rings (SSSR count). The van der Waals surface area contributed by atoms with Crippen molar-refractivity contribution < 1.29 is 4.74 Å². The fourth-order valence-corrected chi connectivity index (χ4v) is 3.16. The van der Waals surface area contributed by atoms with E-state index in [0.717, 1.165) is 43.2 Å². The van der Waals surface area contributed by atoms with Crippen molar-refractivity contribution in [1.29, 1.82) is 0 Å². The van der Waals surface area contributed by atoms with E-state index in [-0.39, 0.29) is 5.60 Å². The van der Waals surface area contributed by atoms with Gasteiger partial charge in [-0.05, 0) is 33.2 Å². The molecule has 0 spiro atoms. The molecule has 1 atom stereocenters. The van der Waals surface area contributed by atoms with Crippen LogP contribution in [0.4, 0.5) is 0 Å². The monoisotopic (exact) mass is 240 g/mol. The number of nitrogens with zero attached hydrogens (tertiary/aromatic N) is 1. The predicted octanol–water partition coefficient (Wildman–Crippen LogP) is 2.59. The smallest absolute Gasteiger partial charge is 0.125 e. The summed E-state index contributed by atoms with van der Waals surface area (Å²) in [6, 6.07) is 0. The Kier molecular flexibility index (Phi) is 3.62. The molecule has 0 amide bonds. The van der Waals surface area contributed by atoms with E-state index in [2.05, 4.69) is 31.1 Å². The van der Waals surface area contributed by atoms with Crippen molar-refractivity contribution in [3.63, 3.8) is 0 Å². The summed E-state index contributed by atoms with van der Waals surface area (Å²) in [6.07, 6.45) is 2.25. The normalized spacial score (nSPS) is 25.2. The highest BCUT2D eigenvalue weighted by molar-refractivity contribution is 7.11. The lowest BCUT2D eigenvalue weighted by Crippen LogP contribution is -2.19. The second kappa shape index (κ2) is 4.82. The van der Waals surface area contributed by atoms with Crippen molar-refractivity contribution in [2.24, 2.45) is 0 Å². The van der Waals surface area contributed by atoms with E-state index in [9.17, 15) is 0 Å². The number of nitrogens with one attached hydrogen (secondary N) is 1. The average Bonchev–Trinajstić information content (AvgIpc) is 2.84. The molecular weight excluding hydrogens is 220 g/mol. The molecule has 1 fully saturated rings. The highest BCUT2D eigenvalue weighted by Crippen LogP contribution is 2.38. The number of ether oxygens (including phenoxy) is 1. The zero-order valence-electron chi connectivity index (χ0n) is 10.3. The Bertz CT molecular complexity index is 356. The lowest BCUT2D eigenvalue weighted by atomic mass is 10.0. The Morgan fingerprint density at radius 1 is 1.56 bits per heavy atom. The van der Waals surface area contributed by atoms with E-state index < -0.39 is 0 Å². The van der Waals surface area contributed by atoms with E-state index in [1.54, 1.807) is 11.3 Å². The number of aromatic nitrogens is 1. The molecule has 1 aliphatic heterocycles. The third kappa shape index (κ3) is 2.29. The van der Waals surface area contributed by atoms with E-state index in [4.69, 9.17) is 4.74 Å². The first-order valence-corrected chi connectivity index (χ1v) is 6.79. The molecular formula is C12H20N2OS. The third-order valence-corrected chi connectivity index (χ3v) is 4.50. The topological polar surface area (TPSA) is 34.1 Å². The zero-order chi connectivity index (χ0) is 11.6. The van der Waals surface area contributed by atoms with Gasteiger partial charge in [0.15, 0.2) is 0 Å². The summed E-state index contributed by atoms with van der Waals surface area (Å²) in [5.74, 6) is 0. The van der Waals surface area contributed by atoms with E-state index >= 15 is 0 Å². The highest BCUT2D eigenvalue weighted by Gasteiger charge is 2.35. The predicted molar refractivity (Wildman–Crippen MR) is 66.8 cm³/mol. The number of aryl methyl sites for hydroxylation is 1. The Morgan fingerprint density at radius 3 is 3.00 bits per heavy atom. The zero-order valence-corrected chi connectivity index (χ0v) is 11.1. The molecule has 1 aromatic rings. The van der Waals surface area contributed by atoms with Crippen LogP contribution in [0.5, 0.6) is 0 Å². The second-order valence-corrected chi connectivity index (χ2v) is 5.57. The van der Waals surface area contributed by atoms with Gasteiger partial charge in [0.1, 0.15) is 10.6 Å². The lowest BCUT2D eigenvalue weighted by molar-refractivity contribution is 0.0166. The van der Waals surface area contributed by atoms with Crippen molar-refractivity contribution in [2.75, 3.05) is 13.2 Å². The molecule has 1 aliphatic rings. The minimum absolute atomic E-state index is 0.125. The Morgan fingerprint density at radius 2 is 2.38 bits per heavy atom. The molecule has 90 valence electrons. The number of hydrogen-bond acceptors (Lipinski definition) is 4. The van der Waals surface area contributed by atoms with E-state index in [1.165, 1.54) is 4.88 Å². The standard InChI is InChI=1S/C12H20N2OS/c1-4-13-8-10-9(2)14-11(16-10)12(3)6-5-7-15-12/h13H,4-8H2,1-3H3. The number of thiazole rings is 1. The minimum atomic E-state index is -0.125. The fraction of sp³-hybridized carbons (Fsp3) is 0.750. The van der Waals surface area contributed by atoms with Crippen molar-refractivity contribution in [2.45, 2.75) is 45.8 Å². The van der Waals surface area contributed by atoms with Gasteiger partial charge in [0.05, 0.1) is 5.69 Å². The quantitative estimate of drug-likeness (QED) is 0.878. The first-order valence-electron chi connectivity index (χ1n) is 5.97. The van der Waals surface area contributed by atoms with E-state index in [1.807, 2.05) is 0 Å². The Hall–Kier alpha value is -0.450. The van der Waals surface area contributed by atoms with Crippen LogP contribution < -0.4 is 5.32 Å². The van der Waals surface area contributed by atoms with Crippen LogP contribution in [0.25, 0.3) is 0 Å². The van der Waals surface area contributed by atoms with Crippen LogP contribution in [0.1, 0.15) is 42.3 Å². The second-order valence-electron chi connectivity index (χ2n) is 4.49. The van der Waals surface area contributed by atoms with Gasteiger partial charge in [0.25, 0.3) is 0 Å². The molecule has 0 aromatic carbocycles. The summed E-state index contributed by atoms with van der Waals surface area (Å²) >= 11 is 1.80. The average molecular weight is 240 g/mol. The maximum Gasteiger partial charge on any atom is 0.125 e. The van der Waals surface area contributed by atoms with Crippen molar-refractivity contribution in [1.82, 2.24) is 10.3 Å². The van der Waals surface area contributed by atoms with Gasteiger partial charge in [-0.25, -0.2) is 4.98 Å². The summed E-state index contributed by atoms with van der Waals surface area (Å²) in [5.41, 5.74) is 1.03. The summed E-state index contributed by atoms with van der Waals surface area (Å²) in [7, 11) is 0. The summed E-state index contributed by atoms with van der Waals surface area (Å²) in [4.78, 5) is 6.01. The SMILES string of the molecule is CCNCc1sc(C2(C)CCCO2)nc1C. The van der Waals surface area contributed by atoms with Crippen LogP contribution in [-0.2, 0) is 16.9 Å². The van der Waals surface area contributed by atoms with Crippen LogP contribution >= 0.6 is 11.3 Å². The molecule has 1 aromatic heterocycles. The van der Waals surface area contributed by atoms with Gasteiger partial charge in [-0.3, -0.25) is 0 Å².